The summed E-state index contributed by atoms with van der Waals surface area (Å²) < 4.78 is 0. The Morgan fingerprint density at radius 2 is 2.25 bits per heavy atom. The summed E-state index contributed by atoms with van der Waals surface area (Å²) in [7, 11) is 5.55. The Hall–Kier alpha value is -1.32. The van der Waals surface area contributed by atoms with Crippen molar-refractivity contribution in [1.82, 2.24) is 0 Å². The third kappa shape index (κ3) is 1.47. The SMILES string of the molecule is [B]c1cc(N=N)c(CC)cc1N. The van der Waals surface area contributed by atoms with Gasteiger partial charge in [-0.3, -0.25) is 0 Å². The van der Waals surface area contributed by atoms with Crippen LogP contribution in [0.25, 0.3) is 0 Å². The number of aryl methyl sites for hydroxylation is 1. The van der Waals surface area contributed by atoms with Crippen molar-refractivity contribution in [3.05, 3.63) is 17.7 Å². The second-order valence-electron chi connectivity index (χ2n) is 2.58. The molecule has 0 amide bonds. The number of nitrogens with one attached hydrogen (secondary N) is 1. The van der Waals surface area contributed by atoms with E-state index in [1.165, 1.54) is 0 Å². The second-order valence-corrected chi connectivity index (χ2v) is 2.58. The second kappa shape index (κ2) is 3.39. The van der Waals surface area contributed by atoms with E-state index in [-0.39, 0.29) is 0 Å². The number of rotatable bonds is 2. The molecule has 0 aliphatic carbocycles. The molecule has 1 aromatic carbocycles. The first-order valence-corrected chi connectivity index (χ1v) is 3.74. The van der Waals surface area contributed by atoms with E-state index in [2.05, 4.69) is 5.11 Å². The molecule has 3 N–H and O–H groups in total. The first-order valence-electron chi connectivity index (χ1n) is 3.74. The van der Waals surface area contributed by atoms with Crippen molar-refractivity contribution in [3.8, 4) is 0 Å². The van der Waals surface area contributed by atoms with Gasteiger partial charge in [-0.1, -0.05) is 12.4 Å². The first-order chi connectivity index (χ1) is 5.69. The molecule has 0 saturated heterocycles. The lowest BCUT2D eigenvalue weighted by atomic mass is 9.91. The van der Waals surface area contributed by atoms with Gasteiger partial charge in [-0.2, -0.15) is 5.11 Å². The van der Waals surface area contributed by atoms with Gasteiger partial charge in [0.1, 0.15) is 7.85 Å². The number of benzene rings is 1. The van der Waals surface area contributed by atoms with Crippen molar-refractivity contribution < 1.29 is 0 Å². The lowest BCUT2D eigenvalue weighted by Crippen LogP contribution is -2.09. The van der Waals surface area contributed by atoms with E-state index in [0.717, 1.165) is 12.0 Å². The zero-order valence-corrected chi connectivity index (χ0v) is 6.96. The number of nitrogen functional groups attached to an aromatic ring is 1. The lowest BCUT2D eigenvalue weighted by molar-refractivity contribution is 1.08. The molecule has 0 aliphatic rings. The highest BCUT2D eigenvalue weighted by atomic mass is 15.0. The molecular weight excluding hydrogens is 149 g/mol. The molecule has 0 aromatic heterocycles. The highest BCUT2D eigenvalue weighted by molar-refractivity contribution is 6.36. The summed E-state index contributed by atoms with van der Waals surface area (Å²) in [6.45, 7) is 1.99. The molecule has 1 rings (SSSR count). The monoisotopic (exact) mass is 159 g/mol. The predicted octanol–water partition coefficient (Wildman–Crippen LogP) is 1.29. The molecule has 0 heterocycles. The maximum absolute atomic E-state index is 6.88. The number of anilines is 1. The minimum Gasteiger partial charge on any atom is -0.399 e. The lowest BCUT2D eigenvalue weighted by Gasteiger charge is -2.06. The van der Waals surface area contributed by atoms with Gasteiger partial charge in [0, 0.05) is 5.69 Å². The van der Waals surface area contributed by atoms with E-state index >= 15 is 0 Å². The number of nitrogens with zero attached hydrogens (tertiary/aromatic N) is 1. The third-order valence-corrected chi connectivity index (χ3v) is 1.79. The molecule has 0 spiro atoms. The van der Waals surface area contributed by atoms with E-state index in [4.69, 9.17) is 19.1 Å². The molecule has 0 bridgehead atoms. The molecular formula is C8H10BN3. The van der Waals surface area contributed by atoms with Gasteiger partial charge in [-0.15, -0.1) is 0 Å². The molecule has 4 heteroatoms. The van der Waals surface area contributed by atoms with E-state index < -0.39 is 0 Å². The molecule has 60 valence electrons. The van der Waals surface area contributed by atoms with Crippen LogP contribution in [-0.4, -0.2) is 7.85 Å². The summed E-state index contributed by atoms with van der Waals surface area (Å²) in [5, 5.41) is 3.36. The van der Waals surface area contributed by atoms with Crippen molar-refractivity contribution >= 4 is 24.7 Å². The quantitative estimate of drug-likeness (QED) is 0.381. The fraction of sp³-hybridized carbons (Fsp3) is 0.250. The van der Waals surface area contributed by atoms with Gasteiger partial charge in [0.05, 0.1) is 5.69 Å². The fourth-order valence-corrected chi connectivity index (χ4v) is 1.06. The maximum Gasteiger partial charge on any atom is 0.116 e. The van der Waals surface area contributed by atoms with Gasteiger partial charge >= 0.3 is 0 Å². The molecule has 0 atom stereocenters. The van der Waals surface area contributed by atoms with Crippen LogP contribution in [0, 0.1) is 5.53 Å². The predicted molar refractivity (Wildman–Crippen MR) is 50.4 cm³/mol. The summed E-state index contributed by atoms with van der Waals surface area (Å²) in [4.78, 5) is 0. The van der Waals surface area contributed by atoms with Crippen LogP contribution in [0.2, 0.25) is 0 Å². The van der Waals surface area contributed by atoms with Gasteiger partial charge in [0.2, 0.25) is 0 Å². The number of nitrogens with two attached hydrogens (primary N) is 1. The smallest absolute Gasteiger partial charge is 0.116 e. The molecule has 12 heavy (non-hydrogen) atoms. The van der Waals surface area contributed by atoms with E-state index in [9.17, 15) is 0 Å². The van der Waals surface area contributed by atoms with Gasteiger partial charge in [-0.05, 0) is 24.1 Å². The van der Waals surface area contributed by atoms with E-state index in [1.807, 2.05) is 6.92 Å². The van der Waals surface area contributed by atoms with Crippen LogP contribution < -0.4 is 11.2 Å². The zero-order chi connectivity index (χ0) is 9.14. The van der Waals surface area contributed by atoms with Gasteiger partial charge < -0.3 is 5.73 Å². The van der Waals surface area contributed by atoms with Crippen LogP contribution in [0.4, 0.5) is 11.4 Å². The van der Waals surface area contributed by atoms with Crippen LogP contribution in [0.5, 0.6) is 0 Å². The first kappa shape index (κ1) is 8.78. The number of hydrogen-bond acceptors (Lipinski definition) is 3. The van der Waals surface area contributed by atoms with Gasteiger partial charge in [-0.25, -0.2) is 5.53 Å². The van der Waals surface area contributed by atoms with Crippen molar-refractivity contribution in [1.29, 1.82) is 5.53 Å². The maximum atomic E-state index is 6.88. The standard InChI is InChI=1S/C8H10BN3/c1-2-5-3-7(10)6(9)4-8(5)12-11/h3-4,11H,2,10H2,1H3. The summed E-state index contributed by atoms with van der Waals surface area (Å²) in [6, 6.07) is 3.39. The van der Waals surface area contributed by atoms with Crippen LogP contribution in [0.1, 0.15) is 12.5 Å². The Morgan fingerprint density at radius 1 is 1.58 bits per heavy atom. The Morgan fingerprint density at radius 3 is 2.75 bits per heavy atom. The highest BCUT2D eigenvalue weighted by Gasteiger charge is 2.02. The van der Waals surface area contributed by atoms with Crippen molar-refractivity contribution in [2.45, 2.75) is 13.3 Å². The molecule has 0 unspecified atom stereocenters. The number of hydrogen-bond donors (Lipinski definition) is 2. The van der Waals surface area contributed by atoms with E-state index in [1.54, 1.807) is 12.1 Å². The van der Waals surface area contributed by atoms with Crippen molar-refractivity contribution in [2.24, 2.45) is 5.11 Å². The fourth-order valence-electron chi connectivity index (χ4n) is 1.06. The topological polar surface area (TPSA) is 62.2 Å². The minimum atomic E-state index is 0.484. The van der Waals surface area contributed by atoms with E-state index in [0.29, 0.717) is 16.8 Å². The van der Waals surface area contributed by atoms with Crippen LogP contribution in [-0.2, 0) is 6.42 Å². The molecule has 3 nitrogen and oxygen atoms in total. The van der Waals surface area contributed by atoms with Crippen molar-refractivity contribution in [2.75, 3.05) is 5.73 Å². The third-order valence-electron chi connectivity index (χ3n) is 1.79. The van der Waals surface area contributed by atoms with Gasteiger partial charge in [0.15, 0.2) is 0 Å². The normalized spacial score (nSPS) is 9.75. The Labute approximate surface area is 72.9 Å². The molecule has 2 radical (unpaired) electrons. The average Bonchev–Trinajstić information content (AvgIpc) is 2.09. The van der Waals surface area contributed by atoms with Crippen LogP contribution in [0.15, 0.2) is 17.2 Å². The summed E-state index contributed by atoms with van der Waals surface area (Å²) in [5.41, 5.74) is 15.1. The largest absolute Gasteiger partial charge is 0.399 e. The molecule has 0 saturated carbocycles. The molecule has 0 fully saturated rings. The summed E-state index contributed by atoms with van der Waals surface area (Å²) >= 11 is 0. The minimum absolute atomic E-state index is 0.484. The molecule has 0 aliphatic heterocycles. The Kier molecular flexibility index (Phi) is 2.48. The summed E-state index contributed by atoms with van der Waals surface area (Å²) in [5.74, 6) is 0. The average molecular weight is 159 g/mol. The summed E-state index contributed by atoms with van der Waals surface area (Å²) in [6.07, 6.45) is 0.808. The highest BCUT2D eigenvalue weighted by Crippen LogP contribution is 2.19. The van der Waals surface area contributed by atoms with Gasteiger partial charge in [0.25, 0.3) is 0 Å². The Balaban J connectivity index is 3.28. The Bertz CT molecular complexity index is 309. The van der Waals surface area contributed by atoms with Crippen LogP contribution >= 0.6 is 0 Å². The zero-order valence-electron chi connectivity index (χ0n) is 6.96. The van der Waals surface area contributed by atoms with Crippen LogP contribution in [0.3, 0.4) is 0 Å². The molecule has 1 aromatic rings. The van der Waals surface area contributed by atoms with Crippen molar-refractivity contribution in [3.63, 3.8) is 0 Å².